The van der Waals surface area contributed by atoms with Crippen LogP contribution in [-0.4, -0.2) is 42.3 Å². The Morgan fingerprint density at radius 2 is 2.12 bits per heavy atom. The van der Waals surface area contributed by atoms with Crippen molar-refractivity contribution in [2.45, 2.75) is 6.92 Å². The molecule has 7 heteroatoms. The Morgan fingerprint density at radius 3 is 2.65 bits per heavy atom. The van der Waals surface area contributed by atoms with Crippen molar-refractivity contribution in [1.82, 2.24) is 15.5 Å². The molecule has 0 spiro atoms. The molecule has 0 saturated heterocycles. The molecule has 0 fully saturated rings. The monoisotopic (exact) mass is 238 g/mol. The van der Waals surface area contributed by atoms with E-state index in [1.54, 1.807) is 6.07 Å². The number of nitrogens with zero attached hydrogens (tertiary/aromatic N) is 2. The first-order valence-electron chi connectivity index (χ1n) is 5.10. The zero-order valence-electron chi connectivity index (χ0n) is 9.69. The van der Waals surface area contributed by atoms with E-state index in [4.69, 9.17) is 0 Å². The summed E-state index contributed by atoms with van der Waals surface area (Å²) in [7, 11) is 1.30. The number of methoxy groups -OCH3 is 1. The lowest BCUT2D eigenvalue weighted by Crippen LogP contribution is -2.24. The second kappa shape index (κ2) is 6.41. The van der Waals surface area contributed by atoms with E-state index in [9.17, 15) is 9.59 Å². The van der Waals surface area contributed by atoms with Crippen LogP contribution in [0.4, 0.5) is 5.82 Å². The molecule has 0 saturated carbocycles. The largest absolute Gasteiger partial charge is 0.468 e. The molecule has 1 aromatic rings. The lowest BCUT2D eigenvalue weighted by molar-refractivity contribution is -0.138. The predicted octanol–water partition coefficient (Wildman–Crippen LogP) is -0.189. The average Bonchev–Trinajstić information content (AvgIpc) is 2.36. The van der Waals surface area contributed by atoms with Crippen molar-refractivity contribution in [3.8, 4) is 0 Å². The van der Waals surface area contributed by atoms with Crippen molar-refractivity contribution < 1.29 is 14.3 Å². The molecule has 7 nitrogen and oxygen atoms in total. The number of carbonyl (C=O) groups excluding carboxylic acids is 2. The van der Waals surface area contributed by atoms with E-state index >= 15 is 0 Å². The predicted molar refractivity (Wildman–Crippen MR) is 60.5 cm³/mol. The van der Waals surface area contributed by atoms with Gasteiger partial charge in [-0.1, -0.05) is 0 Å². The fourth-order valence-corrected chi connectivity index (χ4v) is 1.03. The number of hydrogen-bond donors (Lipinski definition) is 2. The topological polar surface area (TPSA) is 93.2 Å². The van der Waals surface area contributed by atoms with Crippen LogP contribution in [0.1, 0.15) is 17.4 Å². The average molecular weight is 238 g/mol. The van der Waals surface area contributed by atoms with Crippen LogP contribution in [0.25, 0.3) is 0 Å². The van der Waals surface area contributed by atoms with Crippen LogP contribution < -0.4 is 10.6 Å². The Morgan fingerprint density at radius 1 is 1.35 bits per heavy atom. The van der Waals surface area contributed by atoms with Gasteiger partial charge in [0.05, 0.1) is 7.11 Å². The van der Waals surface area contributed by atoms with Gasteiger partial charge in [-0.15, -0.1) is 10.2 Å². The van der Waals surface area contributed by atoms with Crippen LogP contribution in [0.3, 0.4) is 0 Å². The maximum Gasteiger partial charge on any atom is 0.325 e. The van der Waals surface area contributed by atoms with Gasteiger partial charge in [-0.05, 0) is 19.1 Å². The molecule has 0 aliphatic heterocycles. The van der Waals surface area contributed by atoms with Crippen LogP contribution in [0.2, 0.25) is 0 Å². The van der Waals surface area contributed by atoms with E-state index in [0.29, 0.717) is 12.4 Å². The molecule has 0 atom stereocenters. The van der Waals surface area contributed by atoms with Crippen LogP contribution in [0.15, 0.2) is 12.1 Å². The van der Waals surface area contributed by atoms with Gasteiger partial charge in [0.15, 0.2) is 5.69 Å². The third-order valence-corrected chi connectivity index (χ3v) is 1.88. The van der Waals surface area contributed by atoms with Crippen molar-refractivity contribution in [2.24, 2.45) is 0 Å². The lowest BCUT2D eigenvalue weighted by Gasteiger charge is -2.04. The SMILES string of the molecule is CCNC(=O)c1ccc(NCC(=O)OC)nn1. The Kier molecular flexibility index (Phi) is 4.86. The molecule has 0 aromatic carbocycles. The Hall–Kier alpha value is -2.18. The highest BCUT2D eigenvalue weighted by molar-refractivity contribution is 5.92. The number of hydrogen-bond acceptors (Lipinski definition) is 6. The van der Waals surface area contributed by atoms with E-state index in [2.05, 4.69) is 25.6 Å². The van der Waals surface area contributed by atoms with Gasteiger partial charge in [0.25, 0.3) is 5.91 Å². The third kappa shape index (κ3) is 4.06. The molecule has 0 aliphatic carbocycles. The summed E-state index contributed by atoms with van der Waals surface area (Å²) in [6.45, 7) is 2.35. The molecular weight excluding hydrogens is 224 g/mol. The van der Waals surface area contributed by atoms with Crippen molar-refractivity contribution in [2.75, 3.05) is 25.5 Å². The number of carbonyl (C=O) groups is 2. The Balaban J connectivity index is 2.56. The number of anilines is 1. The highest BCUT2D eigenvalue weighted by Crippen LogP contribution is 2.01. The number of amides is 1. The van der Waals surface area contributed by atoms with Crippen molar-refractivity contribution in [3.63, 3.8) is 0 Å². The number of nitrogens with one attached hydrogen (secondary N) is 2. The normalized spacial score (nSPS) is 9.53. The third-order valence-electron chi connectivity index (χ3n) is 1.88. The summed E-state index contributed by atoms with van der Waals surface area (Å²) < 4.78 is 4.45. The van der Waals surface area contributed by atoms with Crippen LogP contribution in [-0.2, 0) is 9.53 Å². The first-order valence-corrected chi connectivity index (χ1v) is 5.10. The summed E-state index contributed by atoms with van der Waals surface area (Å²) in [6, 6.07) is 3.10. The summed E-state index contributed by atoms with van der Waals surface area (Å²) in [4.78, 5) is 22.2. The molecular formula is C10H14N4O3. The van der Waals surface area contributed by atoms with Gasteiger partial charge in [0.2, 0.25) is 0 Å². The van der Waals surface area contributed by atoms with Gasteiger partial charge < -0.3 is 15.4 Å². The van der Waals surface area contributed by atoms with E-state index in [0.717, 1.165) is 0 Å². The Bertz CT molecular complexity index is 391. The van der Waals surface area contributed by atoms with Crippen molar-refractivity contribution >= 4 is 17.7 Å². The standard InChI is InChI=1S/C10H14N4O3/c1-3-11-10(16)7-4-5-8(14-13-7)12-6-9(15)17-2/h4-5H,3,6H2,1-2H3,(H,11,16)(H,12,14). The highest BCUT2D eigenvalue weighted by atomic mass is 16.5. The summed E-state index contributed by atoms with van der Waals surface area (Å²) in [5.41, 5.74) is 0.232. The smallest absolute Gasteiger partial charge is 0.325 e. The fraction of sp³-hybridized carbons (Fsp3) is 0.400. The van der Waals surface area contributed by atoms with E-state index in [-0.39, 0.29) is 18.1 Å². The molecule has 1 heterocycles. The zero-order chi connectivity index (χ0) is 12.7. The molecule has 1 amide bonds. The summed E-state index contributed by atoms with van der Waals surface area (Å²) in [5.74, 6) is -0.275. The second-order valence-electron chi connectivity index (χ2n) is 3.09. The van der Waals surface area contributed by atoms with Crippen molar-refractivity contribution in [3.05, 3.63) is 17.8 Å². The fourth-order valence-electron chi connectivity index (χ4n) is 1.03. The minimum atomic E-state index is -0.403. The maximum atomic E-state index is 11.4. The van der Waals surface area contributed by atoms with Gasteiger partial charge in [0.1, 0.15) is 12.4 Å². The van der Waals surface area contributed by atoms with Crippen LogP contribution >= 0.6 is 0 Å². The first-order chi connectivity index (χ1) is 8.17. The van der Waals surface area contributed by atoms with Gasteiger partial charge in [-0.2, -0.15) is 0 Å². The number of aromatic nitrogens is 2. The van der Waals surface area contributed by atoms with Gasteiger partial charge in [-0.3, -0.25) is 9.59 Å². The molecule has 17 heavy (non-hydrogen) atoms. The van der Waals surface area contributed by atoms with E-state index in [1.165, 1.54) is 13.2 Å². The molecule has 0 aliphatic rings. The summed E-state index contributed by atoms with van der Waals surface area (Å²) in [5, 5.41) is 12.8. The number of esters is 1. The zero-order valence-corrected chi connectivity index (χ0v) is 9.69. The lowest BCUT2D eigenvalue weighted by atomic mass is 10.3. The quantitative estimate of drug-likeness (QED) is 0.691. The van der Waals surface area contributed by atoms with E-state index in [1.807, 2.05) is 6.92 Å². The Labute approximate surface area is 98.6 Å². The summed E-state index contributed by atoms with van der Waals surface area (Å²) in [6.07, 6.45) is 0. The van der Waals surface area contributed by atoms with E-state index < -0.39 is 5.97 Å². The molecule has 0 bridgehead atoms. The summed E-state index contributed by atoms with van der Waals surface area (Å²) >= 11 is 0. The number of ether oxygens (including phenoxy) is 1. The molecule has 1 aromatic heterocycles. The first kappa shape index (κ1) is 12.9. The maximum absolute atomic E-state index is 11.4. The molecule has 1 rings (SSSR count). The molecule has 2 N–H and O–H groups in total. The molecule has 92 valence electrons. The highest BCUT2D eigenvalue weighted by Gasteiger charge is 2.07. The minimum absolute atomic E-state index is 0.00564. The van der Waals surface area contributed by atoms with Crippen molar-refractivity contribution in [1.29, 1.82) is 0 Å². The minimum Gasteiger partial charge on any atom is -0.468 e. The molecule has 0 radical (unpaired) electrons. The van der Waals surface area contributed by atoms with Crippen LogP contribution in [0, 0.1) is 0 Å². The van der Waals surface area contributed by atoms with Crippen LogP contribution in [0.5, 0.6) is 0 Å². The molecule has 0 unspecified atom stereocenters. The number of rotatable bonds is 5. The second-order valence-corrected chi connectivity index (χ2v) is 3.09. The van der Waals surface area contributed by atoms with Gasteiger partial charge >= 0.3 is 5.97 Å². The van der Waals surface area contributed by atoms with Gasteiger partial charge in [-0.25, -0.2) is 0 Å². The van der Waals surface area contributed by atoms with Gasteiger partial charge in [0, 0.05) is 6.54 Å².